The van der Waals surface area contributed by atoms with Gasteiger partial charge in [0.05, 0.1) is 5.02 Å². The molecule has 0 unspecified atom stereocenters. The van der Waals surface area contributed by atoms with Crippen LogP contribution in [-0.2, 0) is 4.79 Å². The van der Waals surface area contributed by atoms with Crippen LogP contribution in [-0.4, -0.2) is 30.5 Å². The van der Waals surface area contributed by atoms with Crippen LogP contribution >= 0.6 is 11.6 Å². The molecule has 0 bridgehead atoms. The zero-order valence-electron chi connectivity index (χ0n) is 11.9. The Morgan fingerprint density at radius 2 is 1.89 bits per heavy atom. The molecule has 0 aromatic heterocycles. The topological polar surface area (TPSA) is 29.5 Å². The van der Waals surface area contributed by atoms with Crippen LogP contribution in [0.5, 0.6) is 5.75 Å². The number of halogens is 1. The summed E-state index contributed by atoms with van der Waals surface area (Å²) in [5.41, 5.74) is 1.06. The molecule has 0 fully saturated rings. The standard InChI is InChI=1S/C15H22ClNO2/c1-4-8-17(9-5-2)15(18)11-19-14-10-12(3)6-7-13(14)16/h6-7,10H,4-5,8-9,11H2,1-3H3. The lowest BCUT2D eigenvalue weighted by atomic mass is 10.2. The largest absolute Gasteiger partial charge is 0.482 e. The minimum Gasteiger partial charge on any atom is -0.482 e. The highest BCUT2D eigenvalue weighted by Crippen LogP contribution is 2.25. The minimum atomic E-state index is 0.0151. The van der Waals surface area contributed by atoms with Gasteiger partial charge in [-0.05, 0) is 37.5 Å². The van der Waals surface area contributed by atoms with Crippen molar-refractivity contribution in [1.29, 1.82) is 0 Å². The maximum Gasteiger partial charge on any atom is 0.260 e. The van der Waals surface area contributed by atoms with E-state index in [1.54, 1.807) is 6.07 Å². The Kier molecular flexibility index (Phi) is 6.71. The molecular weight excluding hydrogens is 262 g/mol. The van der Waals surface area contributed by atoms with Gasteiger partial charge in [0.1, 0.15) is 5.75 Å². The molecule has 1 aromatic rings. The van der Waals surface area contributed by atoms with Gasteiger partial charge in [-0.25, -0.2) is 0 Å². The fourth-order valence-corrected chi connectivity index (χ4v) is 2.03. The summed E-state index contributed by atoms with van der Waals surface area (Å²) in [5, 5.41) is 0.538. The lowest BCUT2D eigenvalue weighted by Gasteiger charge is -2.21. The molecule has 0 spiro atoms. The van der Waals surface area contributed by atoms with E-state index >= 15 is 0 Å². The quantitative estimate of drug-likeness (QED) is 0.764. The number of hydrogen-bond donors (Lipinski definition) is 0. The zero-order valence-corrected chi connectivity index (χ0v) is 12.7. The number of rotatable bonds is 7. The van der Waals surface area contributed by atoms with E-state index in [1.807, 2.05) is 24.0 Å². The van der Waals surface area contributed by atoms with Gasteiger partial charge in [0.2, 0.25) is 0 Å². The zero-order chi connectivity index (χ0) is 14.3. The lowest BCUT2D eigenvalue weighted by Crippen LogP contribution is -2.36. The molecule has 0 aliphatic heterocycles. The average molecular weight is 284 g/mol. The fraction of sp³-hybridized carbons (Fsp3) is 0.533. The lowest BCUT2D eigenvalue weighted by molar-refractivity contribution is -0.133. The SMILES string of the molecule is CCCN(CCC)C(=O)COc1cc(C)ccc1Cl. The third-order valence-electron chi connectivity index (χ3n) is 2.78. The van der Waals surface area contributed by atoms with Crippen LogP contribution in [0.1, 0.15) is 32.3 Å². The summed E-state index contributed by atoms with van der Waals surface area (Å²) in [5.74, 6) is 0.587. The molecule has 0 atom stereocenters. The van der Waals surface area contributed by atoms with Gasteiger partial charge in [0.25, 0.3) is 5.91 Å². The number of carbonyl (C=O) groups excluding carboxylic acids is 1. The van der Waals surface area contributed by atoms with E-state index in [9.17, 15) is 4.79 Å². The molecule has 19 heavy (non-hydrogen) atoms. The summed E-state index contributed by atoms with van der Waals surface area (Å²) in [6.07, 6.45) is 1.91. The Morgan fingerprint density at radius 1 is 1.26 bits per heavy atom. The monoisotopic (exact) mass is 283 g/mol. The Bertz CT molecular complexity index is 415. The first-order chi connectivity index (χ1) is 9.08. The molecule has 3 nitrogen and oxygen atoms in total. The van der Waals surface area contributed by atoms with E-state index in [0.717, 1.165) is 31.5 Å². The molecule has 1 aromatic carbocycles. The summed E-state index contributed by atoms with van der Waals surface area (Å²) < 4.78 is 5.53. The second kappa shape index (κ2) is 8.05. The number of aryl methyl sites for hydroxylation is 1. The molecule has 0 saturated carbocycles. The van der Waals surface area contributed by atoms with Crippen molar-refractivity contribution in [1.82, 2.24) is 4.90 Å². The van der Waals surface area contributed by atoms with Crippen LogP contribution in [0.15, 0.2) is 18.2 Å². The van der Waals surface area contributed by atoms with E-state index in [1.165, 1.54) is 0 Å². The van der Waals surface area contributed by atoms with Gasteiger partial charge in [-0.3, -0.25) is 4.79 Å². The van der Waals surface area contributed by atoms with Crippen molar-refractivity contribution in [2.45, 2.75) is 33.6 Å². The average Bonchev–Trinajstić information content (AvgIpc) is 2.39. The number of benzene rings is 1. The van der Waals surface area contributed by atoms with Crippen molar-refractivity contribution < 1.29 is 9.53 Å². The molecular formula is C15H22ClNO2. The van der Waals surface area contributed by atoms with Gasteiger partial charge in [-0.1, -0.05) is 31.5 Å². The van der Waals surface area contributed by atoms with E-state index < -0.39 is 0 Å². The van der Waals surface area contributed by atoms with Gasteiger partial charge in [0.15, 0.2) is 6.61 Å². The minimum absolute atomic E-state index is 0.0151. The van der Waals surface area contributed by atoms with E-state index in [-0.39, 0.29) is 12.5 Å². The normalized spacial score (nSPS) is 10.3. The van der Waals surface area contributed by atoms with Crippen LogP contribution in [0.3, 0.4) is 0 Å². The highest BCUT2D eigenvalue weighted by Gasteiger charge is 2.13. The smallest absolute Gasteiger partial charge is 0.260 e. The Balaban J connectivity index is 2.59. The summed E-state index contributed by atoms with van der Waals surface area (Å²) in [4.78, 5) is 13.9. The van der Waals surface area contributed by atoms with Gasteiger partial charge >= 0.3 is 0 Å². The maximum atomic E-state index is 12.1. The molecule has 0 N–H and O–H groups in total. The first-order valence-corrected chi connectivity index (χ1v) is 7.13. The third kappa shape index (κ3) is 5.11. The number of ether oxygens (including phenoxy) is 1. The van der Waals surface area contributed by atoms with Gasteiger partial charge in [0, 0.05) is 13.1 Å². The summed E-state index contributed by atoms with van der Waals surface area (Å²) in [7, 11) is 0. The Hall–Kier alpha value is -1.22. The van der Waals surface area contributed by atoms with Crippen molar-refractivity contribution in [3.63, 3.8) is 0 Å². The summed E-state index contributed by atoms with van der Waals surface area (Å²) in [6.45, 7) is 7.69. The summed E-state index contributed by atoms with van der Waals surface area (Å²) >= 11 is 6.03. The first kappa shape index (κ1) is 15.8. The van der Waals surface area contributed by atoms with Crippen LogP contribution in [0.4, 0.5) is 0 Å². The fourth-order valence-electron chi connectivity index (χ4n) is 1.85. The van der Waals surface area contributed by atoms with Crippen LogP contribution in [0.2, 0.25) is 5.02 Å². The van der Waals surface area contributed by atoms with Crippen LogP contribution < -0.4 is 4.74 Å². The highest BCUT2D eigenvalue weighted by molar-refractivity contribution is 6.32. The van der Waals surface area contributed by atoms with Crippen LogP contribution in [0, 0.1) is 6.92 Å². The second-order valence-corrected chi connectivity index (χ2v) is 5.01. The molecule has 0 heterocycles. The van der Waals surface area contributed by atoms with Crippen molar-refractivity contribution in [2.24, 2.45) is 0 Å². The number of amides is 1. The molecule has 1 amide bonds. The van der Waals surface area contributed by atoms with Crippen LogP contribution in [0.25, 0.3) is 0 Å². The summed E-state index contributed by atoms with van der Waals surface area (Å²) in [6, 6.07) is 5.55. The van der Waals surface area contributed by atoms with Gasteiger partial charge in [-0.2, -0.15) is 0 Å². The second-order valence-electron chi connectivity index (χ2n) is 4.60. The molecule has 0 aliphatic rings. The molecule has 106 valence electrons. The molecule has 0 saturated heterocycles. The Labute approximate surface area is 120 Å². The molecule has 0 aliphatic carbocycles. The first-order valence-electron chi connectivity index (χ1n) is 6.75. The third-order valence-corrected chi connectivity index (χ3v) is 3.09. The number of carbonyl (C=O) groups is 1. The van der Waals surface area contributed by atoms with E-state index in [4.69, 9.17) is 16.3 Å². The van der Waals surface area contributed by atoms with Gasteiger partial charge < -0.3 is 9.64 Å². The van der Waals surface area contributed by atoms with Crippen molar-refractivity contribution in [2.75, 3.05) is 19.7 Å². The molecule has 4 heteroatoms. The van der Waals surface area contributed by atoms with E-state index in [2.05, 4.69) is 13.8 Å². The number of nitrogens with zero attached hydrogens (tertiary/aromatic N) is 1. The van der Waals surface area contributed by atoms with Crippen molar-refractivity contribution >= 4 is 17.5 Å². The highest BCUT2D eigenvalue weighted by atomic mass is 35.5. The van der Waals surface area contributed by atoms with Gasteiger partial charge in [-0.15, -0.1) is 0 Å². The number of hydrogen-bond acceptors (Lipinski definition) is 2. The molecule has 1 rings (SSSR count). The maximum absolute atomic E-state index is 12.1. The van der Waals surface area contributed by atoms with Crippen molar-refractivity contribution in [3.05, 3.63) is 28.8 Å². The predicted octanol–water partition coefficient (Wildman–Crippen LogP) is 3.68. The molecule has 0 radical (unpaired) electrons. The predicted molar refractivity (Wildman–Crippen MR) is 78.8 cm³/mol. The van der Waals surface area contributed by atoms with E-state index in [0.29, 0.717) is 10.8 Å². The van der Waals surface area contributed by atoms with Crippen molar-refractivity contribution in [3.8, 4) is 5.75 Å². The Morgan fingerprint density at radius 3 is 2.47 bits per heavy atom.